The fraction of sp³-hybridized carbons (Fsp3) is 0.182. The zero-order valence-corrected chi connectivity index (χ0v) is 14.8. The Kier molecular flexibility index (Phi) is 4.75. The Morgan fingerprint density at radius 2 is 1.78 bits per heavy atom. The van der Waals surface area contributed by atoms with Crippen LogP contribution < -0.4 is 5.32 Å². The highest BCUT2D eigenvalue weighted by molar-refractivity contribution is 6.01. The normalized spacial score (nSPS) is 15.7. The monoisotopic (exact) mass is 360 g/mol. The summed E-state index contributed by atoms with van der Waals surface area (Å²) in [7, 11) is 0. The van der Waals surface area contributed by atoms with Gasteiger partial charge in [0.05, 0.1) is 18.7 Å². The Morgan fingerprint density at radius 1 is 1.00 bits per heavy atom. The summed E-state index contributed by atoms with van der Waals surface area (Å²) in [5, 5.41) is 2.85. The van der Waals surface area contributed by atoms with E-state index in [0.717, 1.165) is 11.1 Å². The third-order valence-corrected chi connectivity index (χ3v) is 4.75. The summed E-state index contributed by atoms with van der Waals surface area (Å²) in [5.41, 5.74) is 2.61. The second-order valence-corrected chi connectivity index (χ2v) is 6.65. The number of anilines is 1. The van der Waals surface area contributed by atoms with Crippen LogP contribution in [-0.4, -0.2) is 16.7 Å². The van der Waals surface area contributed by atoms with Gasteiger partial charge < -0.3 is 14.6 Å². The van der Waals surface area contributed by atoms with Crippen molar-refractivity contribution < 1.29 is 14.0 Å². The van der Waals surface area contributed by atoms with E-state index in [4.69, 9.17) is 4.42 Å². The van der Waals surface area contributed by atoms with Crippen molar-refractivity contribution in [3.63, 3.8) is 0 Å². The molecule has 2 heterocycles. The van der Waals surface area contributed by atoms with Crippen LogP contribution in [0.4, 0.5) is 5.69 Å². The van der Waals surface area contributed by atoms with Crippen LogP contribution in [0.1, 0.15) is 29.2 Å². The summed E-state index contributed by atoms with van der Waals surface area (Å²) >= 11 is 0. The number of furan rings is 1. The Bertz CT molecular complexity index is 935. The third-order valence-electron chi connectivity index (χ3n) is 4.75. The molecule has 5 nitrogen and oxygen atoms in total. The maximum absolute atomic E-state index is 13.4. The summed E-state index contributed by atoms with van der Waals surface area (Å²) in [5.74, 6) is 0.0173. The lowest BCUT2D eigenvalue weighted by molar-refractivity contribution is -0.136. The highest BCUT2D eigenvalue weighted by Crippen LogP contribution is 2.34. The van der Waals surface area contributed by atoms with E-state index in [-0.39, 0.29) is 18.2 Å². The molecule has 0 saturated heterocycles. The molecule has 136 valence electrons. The molecule has 2 aromatic carbocycles. The van der Waals surface area contributed by atoms with Crippen molar-refractivity contribution in [2.45, 2.75) is 25.4 Å². The SMILES string of the molecule is O=C1CC(C(=O)N(Cc2ccccc2)Cc2ccco2)c2ccccc2N1. The number of carbonyl (C=O) groups excluding carboxylic acids is 2. The van der Waals surface area contributed by atoms with Crippen LogP contribution in [0, 0.1) is 0 Å². The summed E-state index contributed by atoms with van der Waals surface area (Å²) in [6, 6.07) is 21.0. The summed E-state index contributed by atoms with van der Waals surface area (Å²) in [6.07, 6.45) is 1.75. The molecule has 0 bridgehead atoms. The molecule has 0 aliphatic carbocycles. The molecule has 27 heavy (non-hydrogen) atoms. The molecule has 0 fully saturated rings. The molecule has 1 aromatic heterocycles. The smallest absolute Gasteiger partial charge is 0.231 e. The average molecular weight is 360 g/mol. The number of hydrogen-bond acceptors (Lipinski definition) is 3. The van der Waals surface area contributed by atoms with Gasteiger partial charge in [0, 0.05) is 18.7 Å². The lowest BCUT2D eigenvalue weighted by Gasteiger charge is -2.30. The zero-order valence-electron chi connectivity index (χ0n) is 14.8. The number of benzene rings is 2. The van der Waals surface area contributed by atoms with Crippen molar-refractivity contribution in [1.82, 2.24) is 4.90 Å². The largest absolute Gasteiger partial charge is 0.467 e. The molecule has 1 atom stereocenters. The minimum atomic E-state index is -0.492. The standard InChI is InChI=1S/C22H20N2O3/c25-21-13-19(18-10-4-5-11-20(18)23-21)22(26)24(15-17-9-6-12-27-17)14-16-7-2-1-3-8-16/h1-12,19H,13-15H2,(H,23,25). The predicted octanol–water partition coefficient (Wildman–Crippen LogP) is 3.93. The molecule has 2 amide bonds. The first-order chi connectivity index (χ1) is 13.2. The van der Waals surface area contributed by atoms with Gasteiger partial charge >= 0.3 is 0 Å². The van der Waals surface area contributed by atoms with Crippen LogP contribution in [0.25, 0.3) is 0 Å². The second-order valence-electron chi connectivity index (χ2n) is 6.65. The Balaban J connectivity index is 1.65. The number of carbonyl (C=O) groups is 2. The minimum Gasteiger partial charge on any atom is -0.467 e. The van der Waals surface area contributed by atoms with Crippen LogP contribution in [0.5, 0.6) is 0 Å². The fourth-order valence-corrected chi connectivity index (χ4v) is 3.46. The van der Waals surface area contributed by atoms with Crippen molar-refractivity contribution in [3.8, 4) is 0 Å². The van der Waals surface area contributed by atoms with Gasteiger partial charge in [-0.05, 0) is 29.3 Å². The molecular formula is C22H20N2O3. The third kappa shape index (κ3) is 3.77. The number of nitrogens with zero attached hydrogens (tertiary/aromatic N) is 1. The highest BCUT2D eigenvalue weighted by atomic mass is 16.3. The van der Waals surface area contributed by atoms with Gasteiger partial charge in [-0.2, -0.15) is 0 Å². The average Bonchev–Trinajstić information content (AvgIpc) is 3.20. The molecule has 0 radical (unpaired) electrons. The lowest BCUT2D eigenvalue weighted by Crippen LogP contribution is -2.38. The number of nitrogens with one attached hydrogen (secondary N) is 1. The topological polar surface area (TPSA) is 62.6 Å². The maximum atomic E-state index is 13.4. The quantitative estimate of drug-likeness (QED) is 0.750. The first-order valence-corrected chi connectivity index (χ1v) is 8.94. The number of fused-ring (bicyclic) bond motifs is 1. The molecule has 3 aromatic rings. The molecule has 0 spiro atoms. The molecule has 1 unspecified atom stereocenters. The van der Waals surface area contributed by atoms with E-state index in [9.17, 15) is 9.59 Å². The molecule has 1 aliphatic heterocycles. The van der Waals surface area contributed by atoms with Gasteiger partial charge in [0.1, 0.15) is 5.76 Å². The Hall–Kier alpha value is -3.34. The van der Waals surface area contributed by atoms with Crippen LogP contribution in [0.2, 0.25) is 0 Å². The van der Waals surface area contributed by atoms with Gasteiger partial charge in [-0.3, -0.25) is 9.59 Å². The lowest BCUT2D eigenvalue weighted by atomic mass is 9.89. The van der Waals surface area contributed by atoms with Gasteiger partial charge in [0.15, 0.2) is 0 Å². The molecular weight excluding hydrogens is 340 g/mol. The highest BCUT2D eigenvalue weighted by Gasteiger charge is 2.33. The van der Waals surface area contributed by atoms with Crippen LogP contribution in [0.3, 0.4) is 0 Å². The molecule has 1 aliphatic rings. The zero-order chi connectivity index (χ0) is 18.6. The summed E-state index contributed by atoms with van der Waals surface area (Å²) in [6.45, 7) is 0.821. The number of amides is 2. The van der Waals surface area contributed by atoms with Gasteiger partial charge in [0.2, 0.25) is 11.8 Å². The maximum Gasteiger partial charge on any atom is 0.231 e. The molecule has 5 heteroatoms. The van der Waals surface area contributed by atoms with Crippen LogP contribution in [-0.2, 0) is 22.7 Å². The van der Waals surface area contributed by atoms with Crippen LogP contribution in [0.15, 0.2) is 77.4 Å². The van der Waals surface area contributed by atoms with Gasteiger partial charge in [-0.25, -0.2) is 0 Å². The van der Waals surface area contributed by atoms with Crippen molar-refractivity contribution in [2.24, 2.45) is 0 Å². The van der Waals surface area contributed by atoms with Gasteiger partial charge in [0.25, 0.3) is 0 Å². The summed E-state index contributed by atoms with van der Waals surface area (Å²) < 4.78 is 5.46. The van der Waals surface area contributed by atoms with E-state index >= 15 is 0 Å². The Morgan fingerprint density at radius 3 is 2.56 bits per heavy atom. The van der Waals surface area contributed by atoms with E-state index in [1.807, 2.05) is 66.7 Å². The number of hydrogen-bond donors (Lipinski definition) is 1. The Labute approximate surface area is 157 Å². The molecule has 4 rings (SSSR count). The van der Waals surface area contributed by atoms with E-state index in [1.54, 1.807) is 11.2 Å². The summed E-state index contributed by atoms with van der Waals surface area (Å²) in [4.78, 5) is 27.3. The molecule has 0 saturated carbocycles. The fourth-order valence-electron chi connectivity index (χ4n) is 3.46. The van der Waals surface area contributed by atoms with E-state index in [2.05, 4.69) is 5.32 Å². The van der Waals surface area contributed by atoms with Crippen molar-refractivity contribution >= 4 is 17.5 Å². The predicted molar refractivity (Wildman–Crippen MR) is 102 cm³/mol. The second kappa shape index (κ2) is 7.50. The van der Waals surface area contributed by atoms with Crippen molar-refractivity contribution in [3.05, 3.63) is 89.9 Å². The first kappa shape index (κ1) is 17.1. The number of para-hydroxylation sites is 1. The first-order valence-electron chi connectivity index (χ1n) is 8.94. The van der Waals surface area contributed by atoms with E-state index in [0.29, 0.717) is 24.5 Å². The van der Waals surface area contributed by atoms with Gasteiger partial charge in [-0.1, -0.05) is 48.5 Å². The number of rotatable bonds is 5. The van der Waals surface area contributed by atoms with Crippen molar-refractivity contribution in [2.75, 3.05) is 5.32 Å². The van der Waals surface area contributed by atoms with Crippen molar-refractivity contribution in [1.29, 1.82) is 0 Å². The van der Waals surface area contributed by atoms with E-state index in [1.165, 1.54) is 0 Å². The van der Waals surface area contributed by atoms with E-state index < -0.39 is 5.92 Å². The van der Waals surface area contributed by atoms with Crippen LogP contribution >= 0.6 is 0 Å². The molecule has 1 N–H and O–H groups in total. The minimum absolute atomic E-state index is 0.0717. The van der Waals surface area contributed by atoms with Gasteiger partial charge in [-0.15, -0.1) is 0 Å².